The maximum Gasteiger partial charge on any atom is 0.176 e. The third kappa shape index (κ3) is 1.98. The summed E-state index contributed by atoms with van der Waals surface area (Å²) in [5.74, 6) is 1.09. The molecule has 0 saturated heterocycles. The highest BCUT2D eigenvalue weighted by Gasteiger charge is 2.15. The molecule has 1 aromatic rings. The van der Waals surface area contributed by atoms with Crippen molar-refractivity contribution in [3.05, 3.63) is 11.6 Å². The molecule has 0 radical (unpaired) electrons. The van der Waals surface area contributed by atoms with E-state index in [1.54, 1.807) is 4.68 Å². The Morgan fingerprint density at radius 3 is 2.57 bits per heavy atom. The molecule has 0 saturated carbocycles. The number of hydrogen-bond donors (Lipinski definition) is 2. The third-order valence-electron chi connectivity index (χ3n) is 1.99. The summed E-state index contributed by atoms with van der Waals surface area (Å²) in [7, 11) is 0. The van der Waals surface area contributed by atoms with E-state index in [1.165, 1.54) is 6.21 Å². The van der Waals surface area contributed by atoms with Gasteiger partial charge in [-0.25, -0.2) is 9.67 Å². The van der Waals surface area contributed by atoms with E-state index in [2.05, 4.69) is 10.1 Å². The van der Waals surface area contributed by atoms with Gasteiger partial charge >= 0.3 is 0 Å². The Bertz CT molecular complexity index is 319. The van der Waals surface area contributed by atoms with Crippen molar-refractivity contribution in [2.75, 3.05) is 0 Å². The first-order valence-corrected chi connectivity index (χ1v) is 4.67. The summed E-state index contributed by atoms with van der Waals surface area (Å²) < 4.78 is 1.75. The fourth-order valence-corrected chi connectivity index (χ4v) is 1.21. The normalized spacial score (nSPS) is 13.2. The second kappa shape index (κ2) is 4.32. The average molecular weight is 196 g/mol. The highest BCUT2D eigenvalue weighted by atomic mass is 16.3. The van der Waals surface area contributed by atoms with Crippen molar-refractivity contribution >= 4 is 6.21 Å². The molecule has 1 rings (SSSR count). The molecule has 1 atom stereocenters. The van der Waals surface area contributed by atoms with Crippen molar-refractivity contribution in [2.45, 2.75) is 39.3 Å². The number of rotatable bonds is 4. The lowest BCUT2D eigenvalue weighted by Gasteiger charge is -2.10. The van der Waals surface area contributed by atoms with Crippen LogP contribution in [0.4, 0.5) is 0 Å². The molecule has 1 aromatic heterocycles. The summed E-state index contributed by atoms with van der Waals surface area (Å²) in [6.45, 7) is 5.72. The van der Waals surface area contributed by atoms with Crippen molar-refractivity contribution in [3.8, 4) is 0 Å². The number of aromatic nitrogens is 3. The molecule has 0 aliphatic carbocycles. The molecule has 5 nitrogen and oxygen atoms in total. The van der Waals surface area contributed by atoms with E-state index in [4.69, 9.17) is 10.5 Å². The quantitative estimate of drug-likeness (QED) is 0.708. The Labute approximate surface area is 83.3 Å². The van der Waals surface area contributed by atoms with E-state index < -0.39 is 0 Å². The zero-order valence-corrected chi connectivity index (χ0v) is 8.73. The number of aliphatic hydroxyl groups excluding tert-OH is 1. The standard InChI is InChI=1S/C9H16N4O/c1-6(2)13-9(7(3)4-10)11-8(5-14)12-13/h4,6-7,10,14H,5H2,1-3H3. The zero-order chi connectivity index (χ0) is 10.7. The fourth-order valence-electron chi connectivity index (χ4n) is 1.21. The highest BCUT2D eigenvalue weighted by molar-refractivity contribution is 5.62. The van der Waals surface area contributed by atoms with Gasteiger partial charge in [-0.15, -0.1) is 0 Å². The van der Waals surface area contributed by atoms with Crippen LogP contribution >= 0.6 is 0 Å². The molecule has 14 heavy (non-hydrogen) atoms. The lowest BCUT2D eigenvalue weighted by Crippen LogP contribution is -2.11. The Kier molecular flexibility index (Phi) is 3.35. The zero-order valence-electron chi connectivity index (χ0n) is 8.73. The smallest absolute Gasteiger partial charge is 0.176 e. The van der Waals surface area contributed by atoms with Gasteiger partial charge in [-0.2, -0.15) is 5.10 Å². The minimum Gasteiger partial charge on any atom is -0.388 e. The van der Waals surface area contributed by atoms with E-state index in [9.17, 15) is 0 Å². The molecule has 0 bridgehead atoms. The van der Waals surface area contributed by atoms with Crippen LogP contribution < -0.4 is 0 Å². The summed E-state index contributed by atoms with van der Waals surface area (Å²) in [6.07, 6.45) is 1.32. The van der Waals surface area contributed by atoms with Gasteiger partial charge in [0.2, 0.25) is 0 Å². The first kappa shape index (κ1) is 10.8. The SMILES string of the molecule is CC(C=N)c1nc(CO)nn1C(C)C. The van der Waals surface area contributed by atoms with Crippen LogP contribution in [0.2, 0.25) is 0 Å². The molecular weight excluding hydrogens is 180 g/mol. The third-order valence-corrected chi connectivity index (χ3v) is 1.99. The molecule has 0 aliphatic rings. The summed E-state index contributed by atoms with van der Waals surface area (Å²) in [5.41, 5.74) is 0. The molecule has 78 valence electrons. The summed E-state index contributed by atoms with van der Waals surface area (Å²) in [5, 5.41) is 20.2. The van der Waals surface area contributed by atoms with Gasteiger partial charge in [0.15, 0.2) is 5.82 Å². The van der Waals surface area contributed by atoms with Crippen molar-refractivity contribution in [1.29, 1.82) is 5.41 Å². The predicted octanol–water partition coefficient (Wildman–Crippen LogP) is 1.10. The maximum atomic E-state index is 8.92. The fraction of sp³-hybridized carbons (Fsp3) is 0.667. The minimum atomic E-state index is -0.155. The molecule has 1 unspecified atom stereocenters. The number of nitrogens with one attached hydrogen (secondary N) is 1. The Hall–Kier alpha value is -1.23. The van der Waals surface area contributed by atoms with Gasteiger partial charge < -0.3 is 10.5 Å². The molecule has 0 aliphatic heterocycles. The molecule has 0 aromatic carbocycles. The first-order valence-electron chi connectivity index (χ1n) is 4.67. The highest BCUT2D eigenvalue weighted by Crippen LogP contribution is 2.15. The van der Waals surface area contributed by atoms with Crippen LogP contribution in [-0.2, 0) is 6.61 Å². The van der Waals surface area contributed by atoms with Gasteiger partial charge in [0.05, 0.1) is 5.92 Å². The van der Waals surface area contributed by atoms with Crippen molar-refractivity contribution in [3.63, 3.8) is 0 Å². The number of aliphatic hydroxyl groups is 1. The van der Waals surface area contributed by atoms with E-state index in [-0.39, 0.29) is 18.6 Å². The van der Waals surface area contributed by atoms with E-state index >= 15 is 0 Å². The molecule has 0 fully saturated rings. The molecule has 5 heteroatoms. The lowest BCUT2D eigenvalue weighted by molar-refractivity contribution is 0.270. The van der Waals surface area contributed by atoms with Crippen LogP contribution in [0, 0.1) is 5.41 Å². The Morgan fingerprint density at radius 2 is 2.14 bits per heavy atom. The van der Waals surface area contributed by atoms with Gasteiger partial charge in [-0.3, -0.25) is 0 Å². The van der Waals surface area contributed by atoms with Crippen LogP contribution in [0.15, 0.2) is 0 Å². The second-order valence-corrected chi connectivity index (χ2v) is 3.54. The van der Waals surface area contributed by atoms with Gasteiger partial charge in [-0.05, 0) is 13.8 Å². The lowest BCUT2D eigenvalue weighted by atomic mass is 10.2. The topological polar surface area (TPSA) is 74.8 Å². The number of hydrogen-bond acceptors (Lipinski definition) is 4. The molecule has 2 N–H and O–H groups in total. The summed E-state index contributed by atoms with van der Waals surface area (Å²) >= 11 is 0. The van der Waals surface area contributed by atoms with Crippen LogP contribution in [0.1, 0.15) is 44.4 Å². The monoisotopic (exact) mass is 196 g/mol. The van der Waals surface area contributed by atoms with Gasteiger partial charge in [-0.1, -0.05) is 6.92 Å². The van der Waals surface area contributed by atoms with Gasteiger partial charge in [0.25, 0.3) is 0 Å². The summed E-state index contributed by atoms with van der Waals surface area (Å²) in [6, 6.07) is 0.195. The van der Waals surface area contributed by atoms with Gasteiger partial charge in [0, 0.05) is 12.3 Å². The van der Waals surface area contributed by atoms with Crippen molar-refractivity contribution < 1.29 is 5.11 Å². The van der Waals surface area contributed by atoms with Crippen molar-refractivity contribution in [1.82, 2.24) is 14.8 Å². The predicted molar refractivity (Wildman–Crippen MR) is 53.5 cm³/mol. The Balaban J connectivity index is 3.11. The van der Waals surface area contributed by atoms with Crippen LogP contribution in [-0.4, -0.2) is 26.1 Å². The van der Waals surface area contributed by atoms with E-state index in [0.717, 1.165) is 5.82 Å². The van der Waals surface area contributed by atoms with Gasteiger partial charge in [0.1, 0.15) is 12.4 Å². The minimum absolute atomic E-state index is 0.0646. The van der Waals surface area contributed by atoms with Crippen LogP contribution in [0.5, 0.6) is 0 Å². The van der Waals surface area contributed by atoms with Crippen LogP contribution in [0.3, 0.4) is 0 Å². The van der Waals surface area contributed by atoms with Crippen LogP contribution in [0.25, 0.3) is 0 Å². The molecule has 1 heterocycles. The first-order chi connectivity index (χ1) is 6.60. The second-order valence-electron chi connectivity index (χ2n) is 3.54. The molecule has 0 amide bonds. The summed E-state index contributed by atoms with van der Waals surface area (Å²) in [4.78, 5) is 4.17. The maximum absolute atomic E-state index is 8.92. The largest absolute Gasteiger partial charge is 0.388 e. The van der Waals surface area contributed by atoms with Crippen molar-refractivity contribution in [2.24, 2.45) is 0 Å². The number of nitrogens with zero attached hydrogens (tertiary/aromatic N) is 3. The molecule has 0 spiro atoms. The van der Waals surface area contributed by atoms with E-state index in [1.807, 2.05) is 20.8 Å². The average Bonchev–Trinajstić information content (AvgIpc) is 2.60. The molecular formula is C9H16N4O. The Morgan fingerprint density at radius 1 is 1.50 bits per heavy atom. The van der Waals surface area contributed by atoms with E-state index in [0.29, 0.717) is 5.82 Å².